The average molecular weight is 251 g/mol. The normalized spacial score (nSPS) is 14.1. The second kappa shape index (κ2) is 3.91. The third kappa shape index (κ3) is 3.56. The summed E-state index contributed by atoms with van der Waals surface area (Å²) in [4.78, 5) is 7.33. The molecule has 0 aliphatic carbocycles. The fourth-order valence-corrected chi connectivity index (χ4v) is 9.42. The van der Waals surface area contributed by atoms with Crippen molar-refractivity contribution >= 4 is 30.1 Å². The molecule has 0 aromatic rings. The summed E-state index contributed by atoms with van der Waals surface area (Å²) < 4.78 is 1.67. The Balaban J connectivity index is 4.14. The van der Waals surface area contributed by atoms with Gasteiger partial charge in [-0.1, -0.05) is 0 Å². The Hall–Kier alpha value is 0.889. The van der Waals surface area contributed by atoms with Crippen LogP contribution >= 0.6 is 11.8 Å². The van der Waals surface area contributed by atoms with Crippen molar-refractivity contribution in [1.29, 1.82) is 0 Å². The predicted octanol–water partition coefficient (Wildman–Crippen LogP) is 3.13. The number of hydrogen-bond acceptors (Lipinski definition) is 1. The van der Waals surface area contributed by atoms with Crippen molar-refractivity contribution in [3.63, 3.8) is 0 Å². The van der Waals surface area contributed by atoms with Gasteiger partial charge < -0.3 is 0 Å². The Morgan fingerprint density at radius 3 is 1.78 bits per heavy atom. The molecule has 0 saturated heterocycles. The van der Waals surface area contributed by atoms with Gasteiger partial charge in [0.15, 0.2) is 0 Å². The molecule has 0 heterocycles. The van der Waals surface area contributed by atoms with E-state index in [0.29, 0.717) is 0 Å². The first-order valence-corrected chi connectivity index (χ1v) is 14.4. The van der Waals surface area contributed by atoms with E-state index in [9.17, 15) is 0 Å². The third-order valence-corrected chi connectivity index (χ3v) is 12.8. The van der Waals surface area contributed by atoms with Crippen molar-refractivity contribution in [3.8, 4) is 0 Å². The van der Waals surface area contributed by atoms with E-state index in [0.717, 1.165) is 0 Å². The van der Waals surface area contributed by atoms with Gasteiger partial charge in [0.05, 0.1) is 0 Å². The van der Waals surface area contributed by atoms with Crippen molar-refractivity contribution in [1.82, 2.24) is 0 Å². The van der Waals surface area contributed by atoms with Crippen molar-refractivity contribution < 1.29 is 0 Å². The van der Waals surface area contributed by atoms with E-state index >= 15 is 0 Å². The number of hydrogen-bond donors (Lipinski definition) is 0. The molecule has 0 N–H and O–H groups in total. The summed E-state index contributed by atoms with van der Waals surface area (Å²) in [5.41, 5.74) is 0. The van der Waals surface area contributed by atoms with Crippen LogP contribution in [-0.2, 0) is 0 Å². The van der Waals surface area contributed by atoms with Crippen LogP contribution in [0.4, 0.5) is 0 Å². The minimum absolute atomic E-state index is 1.63. The van der Waals surface area contributed by atoms with Crippen LogP contribution in [0.25, 0.3) is 0 Å². The van der Waals surface area contributed by atoms with E-state index in [1.54, 1.807) is 2.92 Å². The van der Waals surface area contributed by atoms with Gasteiger partial charge in [-0.15, -0.1) is 0 Å². The van der Waals surface area contributed by atoms with E-state index in [4.69, 9.17) is 0 Å². The second-order valence-corrected chi connectivity index (χ2v) is 19.4. The molecular formula is C7H16SSn. The van der Waals surface area contributed by atoms with Gasteiger partial charge in [-0.3, -0.25) is 0 Å². The zero-order valence-corrected chi connectivity index (χ0v) is 10.7. The molecule has 0 spiro atoms. The summed E-state index contributed by atoms with van der Waals surface area (Å²) in [7, 11) is 0. The monoisotopic (exact) mass is 252 g/mol. The van der Waals surface area contributed by atoms with Crippen molar-refractivity contribution in [2.45, 2.75) is 21.7 Å². The molecule has 0 aromatic carbocycles. The van der Waals surface area contributed by atoms with Gasteiger partial charge in [-0.05, 0) is 0 Å². The predicted molar refractivity (Wildman–Crippen MR) is 50.6 cm³/mol. The Morgan fingerprint density at radius 1 is 1.33 bits per heavy atom. The Kier molecular flexibility index (Phi) is 4.30. The SMILES string of the molecule is C/C=[C](\SC)[Sn]([CH3])([CH3])[CH3]. The molecule has 9 heavy (non-hydrogen) atoms. The van der Waals surface area contributed by atoms with Crippen LogP contribution in [0.2, 0.25) is 14.8 Å². The summed E-state index contributed by atoms with van der Waals surface area (Å²) >= 11 is 0.301. The zero-order valence-electron chi connectivity index (χ0n) is 6.99. The molecule has 0 saturated carbocycles. The van der Waals surface area contributed by atoms with E-state index in [-0.39, 0.29) is 0 Å². The molecule has 0 unspecified atom stereocenters. The molecule has 0 rings (SSSR count). The quantitative estimate of drug-likeness (QED) is 0.679. The van der Waals surface area contributed by atoms with Crippen molar-refractivity contribution in [2.24, 2.45) is 0 Å². The van der Waals surface area contributed by atoms with Crippen LogP contribution < -0.4 is 0 Å². The summed E-state index contributed by atoms with van der Waals surface area (Å²) in [5, 5.41) is 0. The third-order valence-electron chi connectivity index (χ3n) is 1.22. The molecule has 0 radical (unpaired) electrons. The summed E-state index contributed by atoms with van der Waals surface area (Å²) in [6.07, 6.45) is 4.46. The summed E-state index contributed by atoms with van der Waals surface area (Å²) in [6, 6.07) is 0. The van der Waals surface area contributed by atoms with Gasteiger partial charge in [-0.25, -0.2) is 0 Å². The Bertz CT molecular complexity index is 111. The molecule has 0 bridgehead atoms. The minimum atomic E-state index is -1.63. The molecule has 0 aliphatic rings. The Morgan fingerprint density at radius 2 is 1.78 bits per heavy atom. The Labute approximate surface area is 67.0 Å². The summed E-state index contributed by atoms with van der Waals surface area (Å²) in [6.45, 7) is 2.15. The number of thioether (sulfide) groups is 1. The first-order valence-electron chi connectivity index (χ1n) is 3.23. The van der Waals surface area contributed by atoms with Crippen LogP contribution in [-0.4, -0.2) is 24.6 Å². The molecule has 54 valence electrons. The van der Waals surface area contributed by atoms with Crippen LogP contribution in [0.5, 0.6) is 0 Å². The fourth-order valence-electron chi connectivity index (χ4n) is 0.857. The topological polar surface area (TPSA) is 0 Å². The molecule has 0 aromatic heterocycles. The first-order chi connectivity index (χ1) is 4.02. The van der Waals surface area contributed by atoms with Gasteiger partial charge in [0.2, 0.25) is 0 Å². The molecule has 0 nitrogen and oxygen atoms in total. The molecular weight excluding hydrogens is 235 g/mol. The van der Waals surface area contributed by atoms with E-state index in [2.05, 4.69) is 34.1 Å². The average Bonchev–Trinajstić information content (AvgIpc) is 1.65. The summed E-state index contributed by atoms with van der Waals surface area (Å²) in [5.74, 6) is 0. The van der Waals surface area contributed by atoms with Gasteiger partial charge >= 0.3 is 67.1 Å². The molecule has 0 fully saturated rings. The number of allylic oxidation sites excluding steroid dienone is 1. The standard InChI is InChI=1S/C4H7S.3CH3.Sn/c1-3-4-5-2;;;;/h3H,1-2H3;3*1H3;. The fraction of sp³-hybridized carbons (Fsp3) is 0.714. The van der Waals surface area contributed by atoms with Crippen LogP contribution in [0, 0.1) is 0 Å². The van der Waals surface area contributed by atoms with E-state index in [1.807, 2.05) is 11.8 Å². The van der Waals surface area contributed by atoms with Gasteiger partial charge in [0.25, 0.3) is 0 Å². The van der Waals surface area contributed by atoms with Gasteiger partial charge in [-0.2, -0.15) is 0 Å². The maximum absolute atomic E-state index is 2.44. The van der Waals surface area contributed by atoms with E-state index in [1.165, 1.54) is 0 Å². The second-order valence-electron chi connectivity index (χ2n) is 3.11. The molecule has 0 amide bonds. The zero-order chi connectivity index (χ0) is 7.49. The number of rotatable bonds is 2. The van der Waals surface area contributed by atoms with E-state index < -0.39 is 18.4 Å². The maximum atomic E-state index is 2.44. The molecule has 0 atom stereocenters. The van der Waals surface area contributed by atoms with Crippen LogP contribution in [0.15, 0.2) is 9.00 Å². The van der Waals surface area contributed by atoms with Crippen molar-refractivity contribution in [3.05, 3.63) is 9.00 Å². The van der Waals surface area contributed by atoms with Gasteiger partial charge in [0.1, 0.15) is 0 Å². The van der Waals surface area contributed by atoms with Crippen LogP contribution in [0.1, 0.15) is 6.92 Å². The first kappa shape index (κ1) is 9.89. The van der Waals surface area contributed by atoms with Gasteiger partial charge in [0, 0.05) is 0 Å². The van der Waals surface area contributed by atoms with Crippen LogP contribution in [0.3, 0.4) is 0 Å². The van der Waals surface area contributed by atoms with Crippen molar-refractivity contribution in [2.75, 3.05) is 6.26 Å². The molecule has 0 aliphatic heterocycles. The molecule has 2 heteroatoms.